The van der Waals surface area contributed by atoms with Crippen LogP contribution in [0.4, 0.5) is 13.2 Å². The standard InChI is InChI=1S/C10H11ClF3N/c11-8-3-1-2-7(4-8)5-9(15)6-10(12,13)14/h1-4,9H,5-6,15H2. The van der Waals surface area contributed by atoms with Crippen LogP contribution in [0.5, 0.6) is 0 Å². The average molecular weight is 238 g/mol. The van der Waals surface area contributed by atoms with Gasteiger partial charge in [-0.05, 0) is 24.1 Å². The Morgan fingerprint density at radius 1 is 1.33 bits per heavy atom. The fraction of sp³-hybridized carbons (Fsp3) is 0.400. The molecule has 2 N–H and O–H groups in total. The first-order valence-corrected chi connectivity index (χ1v) is 4.81. The summed E-state index contributed by atoms with van der Waals surface area (Å²) in [4.78, 5) is 0. The van der Waals surface area contributed by atoms with Gasteiger partial charge < -0.3 is 5.73 Å². The highest BCUT2D eigenvalue weighted by Crippen LogP contribution is 2.22. The van der Waals surface area contributed by atoms with Crippen molar-refractivity contribution in [3.8, 4) is 0 Å². The molecule has 0 saturated carbocycles. The van der Waals surface area contributed by atoms with E-state index in [9.17, 15) is 13.2 Å². The predicted octanol–water partition coefficient (Wildman–Crippen LogP) is 3.16. The highest BCUT2D eigenvalue weighted by molar-refractivity contribution is 6.30. The van der Waals surface area contributed by atoms with E-state index in [1.165, 1.54) is 0 Å². The summed E-state index contributed by atoms with van der Waals surface area (Å²) in [7, 11) is 0. The normalized spacial score (nSPS) is 13.9. The summed E-state index contributed by atoms with van der Waals surface area (Å²) < 4.78 is 35.9. The molecular weight excluding hydrogens is 227 g/mol. The van der Waals surface area contributed by atoms with Crippen LogP contribution < -0.4 is 5.73 Å². The Hall–Kier alpha value is -0.740. The molecule has 0 heterocycles. The Balaban J connectivity index is 2.55. The molecule has 0 aliphatic heterocycles. The lowest BCUT2D eigenvalue weighted by Crippen LogP contribution is -2.29. The predicted molar refractivity (Wildman–Crippen MR) is 53.8 cm³/mol. The molecule has 1 unspecified atom stereocenters. The van der Waals surface area contributed by atoms with Gasteiger partial charge in [0.15, 0.2) is 0 Å². The minimum absolute atomic E-state index is 0.181. The van der Waals surface area contributed by atoms with Gasteiger partial charge in [0.2, 0.25) is 0 Å². The third-order valence-corrected chi connectivity index (χ3v) is 2.12. The molecule has 0 fully saturated rings. The number of benzene rings is 1. The summed E-state index contributed by atoms with van der Waals surface area (Å²) in [6.07, 6.45) is -5.00. The van der Waals surface area contributed by atoms with Crippen LogP contribution in [0.1, 0.15) is 12.0 Å². The van der Waals surface area contributed by atoms with Gasteiger partial charge in [-0.3, -0.25) is 0 Å². The van der Waals surface area contributed by atoms with Crippen LogP contribution in [0, 0.1) is 0 Å². The molecule has 0 spiro atoms. The van der Waals surface area contributed by atoms with Crippen molar-refractivity contribution >= 4 is 11.6 Å². The third-order valence-electron chi connectivity index (χ3n) is 1.88. The number of hydrogen-bond acceptors (Lipinski definition) is 1. The van der Waals surface area contributed by atoms with E-state index >= 15 is 0 Å². The zero-order valence-corrected chi connectivity index (χ0v) is 8.65. The SMILES string of the molecule is NC(Cc1cccc(Cl)c1)CC(F)(F)F. The molecule has 15 heavy (non-hydrogen) atoms. The van der Waals surface area contributed by atoms with Gasteiger partial charge in [-0.2, -0.15) is 13.2 Å². The Bertz CT molecular complexity index is 325. The summed E-state index contributed by atoms with van der Waals surface area (Å²) in [6.45, 7) is 0. The Labute approximate surface area is 91.0 Å². The van der Waals surface area contributed by atoms with Gasteiger partial charge in [-0.1, -0.05) is 23.7 Å². The number of alkyl halides is 3. The van der Waals surface area contributed by atoms with Crippen molar-refractivity contribution in [1.29, 1.82) is 0 Å². The molecule has 1 aromatic carbocycles. The van der Waals surface area contributed by atoms with Gasteiger partial charge in [0.05, 0.1) is 6.42 Å². The van der Waals surface area contributed by atoms with E-state index in [1.54, 1.807) is 24.3 Å². The quantitative estimate of drug-likeness (QED) is 0.859. The van der Waals surface area contributed by atoms with E-state index < -0.39 is 18.6 Å². The van der Waals surface area contributed by atoms with E-state index in [0.29, 0.717) is 5.02 Å². The number of rotatable bonds is 3. The van der Waals surface area contributed by atoms with Crippen LogP contribution in [0.25, 0.3) is 0 Å². The number of hydrogen-bond donors (Lipinski definition) is 1. The van der Waals surface area contributed by atoms with Crippen LogP contribution in [0.2, 0.25) is 5.02 Å². The Kier molecular flexibility index (Phi) is 3.99. The average Bonchev–Trinajstić information content (AvgIpc) is 1.99. The van der Waals surface area contributed by atoms with E-state index in [2.05, 4.69) is 0 Å². The Morgan fingerprint density at radius 3 is 2.53 bits per heavy atom. The molecule has 1 rings (SSSR count). The van der Waals surface area contributed by atoms with Crippen molar-refractivity contribution in [2.75, 3.05) is 0 Å². The molecule has 0 aliphatic carbocycles. The fourth-order valence-corrected chi connectivity index (χ4v) is 1.55. The van der Waals surface area contributed by atoms with Gasteiger partial charge >= 0.3 is 6.18 Å². The second kappa shape index (κ2) is 4.86. The van der Waals surface area contributed by atoms with E-state index in [0.717, 1.165) is 5.56 Å². The van der Waals surface area contributed by atoms with Gasteiger partial charge in [-0.15, -0.1) is 0 Å². The van der Waals surface area contributed by atoms with E-state index in [1.807, 2.05) is 0 Å². The van der Waals surface area contributed by atoms with Crippen molar-refractivity contribution in [2.45, 2.75) is 25.1 Å². The van der Waals surface area contributed by atoms with Crippen molar-refractivity contribution in [2.24, 2.45) is 5.73 Å². The minimum Gasteiger partial charge on any atom is -0.327 e. The zero-order chi connectivity index (χ0) is 11.5. The molecule has 0 aromatic heterocycles. The molecule has 0 radical (unpaired) electrons. The molecule has 0 amide bonds. The monoisotopic (exact) mass is 237 g/mol. The fourth-order valence-electron chi connectivity index (χ4n) is 1.34. The van der Waals surface area contributed by atoms with Crippen molar-refractivity contribution < 1.29 is 13.2 Å². The second-order valence-corrected chi connectivity index (χ2v) is 3.85. The van der Waals surface area contributed by atoms with Crippen molar-refractivity contribution in [3.05, 3.63) is 34.9 Å². The second-order valence-electron chi connectivity index (χ2n) is 3.41. The molecule has 1 atom stereocenters. The maximum Gasteiger partial charge on any atom is 0.390 e. The summed E-state index contributed by atoms with van der Waals surface area (Å²) in [5.41, 5.74) is 6.10. The lowest BCUT2D eigenvalue weighted by molar-refractivity contribution is -0.138. The van der Waals surface area contributed by atoms with Gasteiger partial charge in [-0.25, -0.2) is 0 Å². The molecule has 0 aliphatic rings. The highest BCUT2D eigenvalue weighted by Gasteiger charge is 2.30. The lowest BCUT2D eigenvalue weighted by Gasteiger charge is -2.13. The topological polar surface area (TPSA) is 26.0 Å². The molecule has 84 valence electrons. The summed E-state index contributed by atoms with van der Waals surface area (Å²) in [5.74, 6) is 0. The molecule has 1 nitrogen and oxygen atoms in total. The third kappa shape index (κ3) is 5.04. The largest absolute Gasteiger partial charge is 0.390 e. The molecule has 0 bridgehead atoms. The number of halogens is 4. The molecular formula is C10H11ClF3N. The molecule has 5 heteroatoms. The first-order valence-electron chi connectivity index (χ1n) is 4.43. The van der Waals surface area contributed by atoms with Crippen LogP contribution in [-0.4, -0.2) is 12.2 Å². The van der Waals surface area contributed by atoms with Gasteiger partial charge in [0.1, 0.15) is 0 Å². The van der Waals surface area contributed by atoms with Crippen LogP contribution >= 0.6 is 11.6 Å². The molecule has 1 aromatic rings. The number of nitrogens with two attached hydrogens (primary N) is 1. The van der Waals surface area contributed by atoms with Crippen LogP contribution in [-0.2, 0) is 6.42 Å². The zero-order valence-electron chi connectivity index (χ0n) is 7.89. The van der Waals surface area contributed by atoms with Gasteiger partial charge in [0.25, 0.3) is 0 Å². The van der Waals surface area contributed by atoms with Crippen molar-refractivity contribution in [3.63, 3.8) is 0 Å². The smallest absolute Gasteiger partial charge is 0.327 e. The van der Waals surface area contributed by atoms with Crippen molar-refractivity contribution in [1.82, 2.24) is 0 Å². The van der Waals surface area contributed by atoms with E-state index in [4.69, 9.17) is 17.3 Å². The first-order chi connectivity index (χ1) is 6.87. The lowest BCUT2D eigenvalue weighted by atomic mass is 10.0. The summed E-state index contributed by atoms with van der Waals surface area (Å²) in [6, 6.07) is 5.78. The highest BCUT2D eigenvalue weighted by atomic mass is 35.5. The maximum atomic E-state index is 12.0. The van der Waals surface area contributed by atoms with E-state index in [-0.39, 0.29) is 6.42 Å². The minimum atomic E-state index is -4.21. The first kappa shape index (κ1) is 12.3. The Morgan fingerprint density at radius 2 is 2.00 bits per heavy atom. The summed E-state index contributed by atoms with van der Waals surface area (Å²) in [5, 5.41) is 0.506. The summed E-state index contributed by atoms with van der Waals surface area (Å²) >= 11 is 5.70. The molecule has 0 saturated heterocycles. The van der Waals surface area contributed by atoms with Crippen LogP contribution in [0.15, 0.2) is 24.3 Å². The van der Waals surface area contributed by atoms with Crippen LogP contribution in [0.3, 0.4) is 0 Å². The van der Waals surface area contributed by atoms with Gasteiger partial charge in [0, 0.05) is 11.1 Å². The maximum absolute atomic E-state index is 12.0.